The topological polar surface area (TPSA) is 105 Å². The lowest BCUT2D eigenvalue weighted by Crippen LogP contribution is -2.49. The number of benzene rings is 2. The van der Waals surface area contributed by atoms with E-state index < -0.39 is 33.8 Å². The third-order valence-electron chi connectivity index (χ3n) is 5.97. The molecule has 1 aliphatic rings. The van der Waals surface area contributed by atoms with E-state index in [1.807, 2.05) is 25.1 Å². The fourth-order valence-electron chi connectivity index (χ4n) is 4.31. The van der Waals surface area contributed by atoms with E-state index in [1.165, 1.54) is 19.1 Å². The minimum absolute atomic E-state index is 0.00257. The third kappa shape index (κ3) is 7.62. The standard InChI is InChI=1S/C26H33FN2O5S/c1-4-8-34-22-10-19(9-21(27)13-22)12-24(29-17(3)30)26(31)14-28-25-16-35(32,33)15-20-7-6-18(5-2)11-23(20)25/h4,6-7,9-11,13,24-26,28,31H,1,5,8,12,14-16H2,2-3H3,(H,29,30)/t24-,25+,26-/m1/s1. The van der Waals surface area contributed by atoms with Crippen LogP contribution in [0.15, 0.2) is 49.1 Å². The Hall–Kier alpha value is -2.75. The maximum Gasteiger partial charge on any atom is 0.217 e. The molecule has 0 aliphatic carbocycles. The molecule has 190 valence electrons. The number of hydrogen-bond donors (Lipinski definition) is 3. The minimum atomic E-state index is -3.29. The maximum absolute atomic E-state index is 14.1. The molecule has 0 aromatic heterocycles. The lowest BCUT2D eigenvalue weighted by molar-refractivity contribution is -0.120. The zero-order chi connectivity index (χ0) is 25.6. The number of aryl methyl sites for hydroxylation is 1. The molecule has 35 heavy (non-hydrogen) atoms. The SMILES string of the molecule is C=CCOc1cc(F)cc(C[C@@H](NC(C)=O)[C@H](O)CN[C@H]2CS(=O)(=O)Cc3ccc(CC)cc32)c1. The monoisotopic (exact) mass is 504 g/mol. The van der Waals surface area contributed by atoms with E-state index in [4.69, 9.17) is 4.74 Å². The van der Waals surface area contributed by atoms with Gasteiger partial charge in [0.05, 0.1) is 23.7 Å². The number of rotatable bonds is 11. The highest BCUT2D eigenvalue weighted by Gasteiger charge is 2.31. The predicted molar refractivity (Wildman–Crippen MR) is 133 cm³/mol. The zero-order valence-electron chi connectivity index (χ0n) is 20.1. The summed E-state index contributed by atoms with van der Waals surface area (Å²) in [5.41, 5.74) is 3.31. The molecule has 3 atom stereocenters. The molecule has 0 spiro atoms. The van der Waals surface area contributed by atoms with Crippen LogP contribution in [-0.2, 0) is 33.2 Å². The van der Waals surface area contributed by atoms with E-state index in [2.05, 4.69) is 17.2 Å². The second-order valence-corrected chi connectivity index (χ2v) is 11.0. The van der Waals surface area contributed by atoms with Crippen LogP contribution in [0.4, 0.5) is 4.39 Å². The molecule has 3 N–H and O–H groups in total. The van der Waals surface area contributed by atoms with Crippen molar-refractivity contribution in [2.45, 2.75) is 50.6 Å². The van der Waals surface area contributed by atoms with Crippen molar-refractivity contribution in [3.63, 3.8) is 0 Å². The van der Waals surface area contributed by atoms with Crippen molar-refractivity contribution in [2.24, 2.45) is 0 Å². The van der Waals surface area contributed by atoms with Crippen LogP contribution in [0.2, 0.25) is 0 Å². The molecule has 0 saturated heterocycles. The van der Waals surface area contributed by atoms with Crippen molar-refractivity contribution >= 4 is 15.7 Å². The van der Waals surface area contributed by atoms with Crippen molar-refractivity contribution in [2.75, 3.05) is 18.9 Å². The Morgan fingerprint density at radius 1 is 1.29 bits per heavy atom. The van der Waals surface area contributed by atoms with Gasteiger partial charge in [-0.2, -0.15) is 0 Å². The Labute approximate surface area is 206 Å². The number of halogens is 1. The molecule has 0 bridgehead atoms. The highest BCUT2D eigenvalue weighted by Crippen LogP contribution is 2.29. The van der Waals surface area contributed by atoms with Gasteiger partial charge >= 0.3 is 0 Å². The van der Waals surface area contributed by atoms with Crippen LogP contribution in [0.3, 0.4) is 0 Å². The number of aliphatic hydroxyl groups excluding tert-OH is 1. The van der Waals surface area contributed by atoms with Crippen molar-refractivity contribution in [3.05, 3.63) is 77.1 Å². The highest BCUT2D eigenvalue weighted by atomic mass is 32.2. The molecule has 7 nitrogen and oxygen atoms in total. The maximum atomic E-state index is 14.1. The van der Waals surface area contributed by atoms with E-state index in [0.717, 1.165) is 23.1 Å². The summed E-state index contributed by atoms with van der Waals surface area (Å²) >= 11 is 0. The number of carbonyl (C=O) groups excluding carboxylic acids is 1. The van der Waals surface area contributed by atoms with Crippen LogP contribution < -0.4 is 15.4 Å². The fourth-order valence-corrected chi connectivity index (χ4v) is 5.97. The van der Waals surface area contributed by atoms with E-state index in [9.17, 15) is 22.7 Å². The predicted octanol–water partition coefficient (Wildman–Crippen LogP) is 2.62. The molecule has 0 radical (unpaired) electrons. The van der Waals surface area contributed by atoms with E-state index in [-0.39, 0.29) is 37.0 Å². The molecule has 0 saturated carbocycles. The van der Waals surface area contributed by atoms with Crippen LogP contribution in [0.5, 0.6) is 5.75 Å². The lowest BCUT2D eigenvalue weighted by atomic mass is 9.97. The first-order valence-corrected chi connectivity index (χ1v) is 13.5. The van der Waals surface area contributed by atoms with Crippen molar-refractivity contribution in [1.82, 2.24) is 10.6 Å². The summed E-state index contributed by atoms with van der Waals surface area (Å²) < 4.78 is 44.5. The number of hydrogen-bond acceptors (Lipinski definition) is 6. The molecule has 3 rings (SSSR count). The first-order chi connectivity index (χ1) is 16.6. The van der Waals surface area contributed by atoms with E-state index in [0.29, 0.717) is 11.3 Å². The number of sulfone groups is 1. The molecule has 1 heterocycles. The van der Waals surface area contributed by atoms with Crippen LogP contribution in [-0.4, -0.2) is 50.5 Å². The van der Waals surface area contributed by atoms with E-state index in [1.54, 1.807) is 12.1 Å². The molecular weight excluding hydrogens is 471 g/mol. The summed E-state index contributed by atoms with van der Waals surface area (Å²) in [5.74, 6) is -0.584. The van der Waals surface area contributed by atoms with Crippen LogP contribution >= 0.6 is 0 Å². The number of ether oxygens (including phenoxy) is 1. The second-order valence-electron chi connectivity index (χ2n) is 8.88. The largest absolute Gasteiger partial charge is 0.489 e. The van der Waals surface area contributed by atoms with Gasteiger partial charge in [-0.3, -0.25) is 4.79 Å². The molecule has 0 unspecified atom stereocenters. The lowest BCUT2D eigenvalue weighted by Gasteiger charge is -2.30. The van der Waals surface area contributed by atoms with Crippen LogP contribution in [0, 0.1) is 5.82 Å². The van der Waals surface area contributed by atoms with Gasteiger partial charge in [0, 0.05) is 25.6 Å². The molecular formula is C26H33FN2O5S. The van der Waals surface area contributed by atoms with Gasteiger partial charge in [0.15, 0.2) is 9.84 Å². The van der Waals surface area contributed by atoms with Gasteiger partial charge in [-0.1, -0.05) is 37.8 Å². The summed E-state index contributed by atoms with van der Waals surface area (Å²) in [4.78, 5) is 11.8. The molecule has 2 aromatic carbocycles. The average molecular weight is 505 g/mol. The first-order valence-electron chi connectivity index (χ1n) is 11.6. The molecule has 9 heteroatoms. The average Bonchev–Trinajstić information content (AvgIpc) is 2.79. The van der Waals surface area contributed by atoms with Gasteiger partial charge in [-0.25, -0.2) is 12.8 Å². The number of amides is 1. The Morgan fingerprint density at radius 2 is 2.06 bits per heavy atom. The fraction of sp³-hybridized carbons (Fsp3) is 0.423. The first kappa shape index (κ1) is 26.8. The van der Waals surface area contributed by atoms with Gasteiger partial charge < -0.3 is 20.5 Å². The van der Waals surface area contributed by atoms with Gasteiger partial charge in [0.2, 0.25) is 5.91 Å². The Balaban J connectivity index is 1.76. The summed E-state index contributed by atoms with van der Waals surface area (Å²) in [6.07, 6.45) is 1.48. The molecule has 1 aliphatic heterocycles. The van der Waals surface area contributed by atoms with Crippen LogP contribution in [0.25, 0.3) is 0 Å². The van der Waals surface area contributed by atoms with Gasteiger partial charge in [-0.05, 0) is 47.2 Å². The third-order valence-corrected chi connectivity index (χ3v) is 7.56. The van der Waals surface area contributed by atoms with E-state index >= 15 is 0 Å². The molecule has 1 amide bonds. The van der Waals surface area contributed by atoms with Crippen molar-refractivity contribution < 1.29 is 27.4 Å². The summed E-state index contributed by atoms with van der Waals surface area (Å²) in [6, 6.07) is 8.83. The van der Waals surface area contributed by atoms with Crippen molar-refractivity contribution in [1.29, 1.82) is 0 Å². The van der Waals surface area contributed by atoms with Crippen molar-refractivity contribution in [3.8, 4) is 5.75 Å². The number of carbonyl (C=O) groups is 1. The summed E-state index contributed by atoms with van der Waals surface area (Å²) in [5, 5.41) is 16.9. The zero-order valence-corrected chi connectivity index (χ0v) is 20.9. The minimum Gasteiger partial charge on any atom is -0.489 e. The Morgan fingerprint density at radius 3 is 2.74 bits per heavy atom. The van der Waals surface area contributed by atoms with Gasteiger partial charge in [-0.15, -0.1) is 0 Å². The Bertz CT molecular complexity index is 1170. The molecule has 2 aromatic rings. The number of aliphatic hydroxyl groups is 1. The number of fused-ring (bicyclic) bond motifs is 1. The highest BCUT2D eigenvalue weighted by molar-refractivity contribution is 7.90. The van der Waals surface area contributed by atoms with Gasteiger partial charge in [0.25, 0.3) is 0 Å². The number of nitrogens with one attached hydrogen (secondary N) is 2. The molecule has 0 fully saturated rings. The summed E-state index contributed by atoms with van der Waals surface area (Å²) in [7, 11) is -3.29. The smallest absolute Gasteiger partial charge is 0.217 e. The van der Waals surface area contributed by atoms with Gasteiger partial charge in [0.1, 0.15) is 18.2 Å². The summed E-state index contributed by atoms with van der Waals surface area (Å²) in [6.45, 7) is 7.20. The normalized spacial score (nSPS) is 18.2. The second kappa shape index (κ2) is 11.8. The van der Waals surface area contributed by atoms with Crippen LogP contribution in [0.1, 0.15) is 42.1 Å². The quantitative estimate of drug-likeness (QED) is 0.407. The Kier molecular flexibility index (Phi) is 9.04.